The van der Waals surface area contributed by atoms with E-state index in [1.165, 1.54) is 69.8 Å². The highest BCUT2D eigenvalue weighted by Crippen LogP contribution is 2.36. The molecule has 0 bridgehead atoms. The molecule has 0 N–H and O–H groups in total. The number of aryl methyl sites for hydroxylation is 2. The highest BCUT2D eigenvalue weighted by Gasteiger charge is 2.18. The van der Waals surface area contributed by atoms with Gasteiger partial charge in [0, 0.05) is 4.83 Å². The Morgan fingerprint density at radius 3 is 2.53 bits per heavy atom. The van der Waals surface area contributed by atoms with Crippen LogP contribution in [0.15, 0.2) is 18.2 Å². The molecule has 2 aliphatic carbocycles. The molecule has 104 valence electrons. The van der Waals surface area contributed by atoms with E-state index in [1.807, 2.05) is 0 Å². The average molecular weight is 321 g/mol. The van der Waals surface area contributed by atoms with Crippen molar-refractivity contribution in [1.82, 2.24) is 0 Å². The Balaban J connectivity index is 1.60. The molecule has 0 spiro atoms. The Morgan fingerprint density at radius 1 is 1.00 bits per heavy atom. The van der Waals surface area contributed by atoms with Crippen molar-refractivity contribution in [3.05, 3.63) is 34.9 Å². The lowest BCUT2D eigenvalue weighted by molar-refractivity contribution is 0.483. The minimum atomic E-state index is 0.570. The Bertz CT molecular complexity index is 418. The first-order valence-electron chi connectivity index (χ1n) is 8.09. The molecule has 1 atom stereocenters. The van der Waals surface area contributed by atoms with Crippen molar-refractivity contribution in [2.24, 2.45) is 5.92 Å². The topological polar surface area (TPSA) is 0 Å². The van der Waals surface area contributed by atoms with Crippen LogP contribution in [0.3, 0.4) is 0 Å². The van der Waals surface area contributed by atoms with E-state index in [1.54, 1.807) is 11.1 Å². The lowest BCUT2D eigenvalue weighted by Crippen LogP contribution is -2.04. The monoisotopic (exact) mass is 320 g/mol. The van der Waals surface area contributed by atoms with Gasteiger partial charge in [0.15, 0.2) is 0 Å². The van der Waals surface area contributed by atoms with E-state index < -0.39 is 0 Å². The second kappa shape index (κ2) is 6.43. The van der Waals surface area contributed by atoms with Crippen molar-refractivity contribution in [2.75, 3.05) is 0 Å². The third-order valence-electron chi connectivity index (χ3n) is 5.04. The Morgan fingerprint density at radius 2 is 1.74 bits per heavy atom. The third kappa shape index (κ3) is 3.42. The largest absolute Gasteiger partial charge is 0.0839 e. The summed E-state index contributed by atoms with van der Waals surface area (Å²) >= 11 is 3.92. The molecule has 1 saturated carbocycles. The van der Waals surface area contributed by atoms with Gasteiger partial charge in [-0.05, 0) is 61.1 Å². The van der Waals surface area contributed by atoms with E-state index in [2.05, 4.69) is 34.1 Å². The molecule has 0 amide bonds. The van der Waals surface area contributed by atoms with E-state index in [4.69, 9.17) is 0 Å². The summed E-state index contributed by atoms with van der Waals surface area (Å²) in [5.74, 6) is 1.01. The Hall–Kier alpha value is -0.300. The maximum atomic E-state index is 3.92. The summed E-state index contributed by atoms with van der Waals surface area (Å²) in [6, 6.07) is 7.22. The molecule has 1 unspecified atom stereocenters. The molecule has 1 fully saturated rings. The van der Waals surface area contributed by atoms with Crippen molar-refractivity contribution in [3.63, 3.8) is 0 Å². The number of alkyl halides is 1. The SMILES string of the molecule is BrC(CCC1CCCC1)c1ccc2c(c1)CCCC2. The van der Waals surface area contributed by atoms with E-state index in [0.29, 0.717) is 4.83 Å². The summed E-state index contributed by atoms with van der Waals surface area (Å²) < 4.78 is 0. The highest BCUT2D eigenvalue weighted by atomic mass is 79.9. The normalized spacial score (nSPS) is 21.3. The molecule has 0 saturated heterocycles. The molecule has 0 radical (unpaired) electrons. The second-order valence-corrected chi connectivity index (χ2v) is 7.54. The zero-order valence-electron chi connectivity index (χ0n) is 11.8. The first-order chi connectivity index (χ1) is 9.33. The molecule has 1 aromatic rings. The van der Waals surface area contributed by atoms with E-state index >= 15 is 0 Å². The molecular formula is C18H25Br. The van der Waals surface area contributed by atoms with Gasteiger partial charge in [-0.1, -0.05) is 59.8 Å². The van der Waals surface area contributed by atoms with Gasteiger partial charge in [-0.2, -0.15) is 0 Å². The van der Waals surface area contributed by atoms with Crippen LogP contribution in [0.5, 0.6) is 0 Å². The van der Waals surface area contributed by atoms with Crippen LogP contribution in [0, 0.1) is 5.92 Å². The first kappa shape index (κ1) is 13.7. The lowest BCUT2D eigenvalue weighted by Gasteiger charge is -2.19. The van der Waals surface area contributed by atoms with Crippen molar-refractivity contribution in [3.8, 4) is 0 Å². The predicted octanol–water partition coefficient (Wildman–Crippen LogP) is 5.97. The van der Waals surface area contributed by atoms with Gasteiger partial charge in [0.05, 0.1) is 0 Å². The third-order valence-corrected chi connectivity index (χ3v) is 6.02. The molecule has 0 heterocycles. The van der Waals surface area contributed by atoms with Crippen molar-refractivity contribution in [2.45, 2.75) is 69.0 Å². The summed E-state index contributed by atoms with van der Waals surface area (Å²) in [5, 5.41) is 0. The minimum absolute atomic E-state index is 0.570. The van der Waals surface area contributed by atoms with Crippen LogP contribution in [0.4, 0.5) is 0 Å². The van der Waals surface area contributed by atoms with Gasteiger partial charge >= 0.3 is 0 Å². The zero-order chi connectivity index (χ0) is 13.1. The molecule has 19 heavy (non-hydrogen) atoms. The van der Waals surface area contributed by atoms with Crippen molar-refractivity contribution < 1.29 is 0 Å². The van der Waals surface area contributed by atoms with E-state index in [-0.39, 0.29) is 0 Å². The number of halogens is 1. The number of fused-ring (bicyclic) bond motifs is 1. The summed E-state index contributed by atoms with van der Waals surface area (Å²) in [7, 11) is 0. The zero-order valence-corrected chi connectivity index (χ0v) is 13.4. The number of rotatable bonds is 4. The quantitative estimate of drug-likeness (QED) is 0.599. The summed E-state index contributed by atoms with van der Waals surface area (Å²) in [6.45, 7) is 0. The van der Waals surface area contributed by atoms with Crippen LogP contribution in [-0.4, -0.2) is 0 Å². The van der Waals surface area contributed by atoms with Gasteiger partial charge in [0.25, 0.3) is 0 Å². The van der Waals surface area contributed by atoms with E-state index in [9.17, 15) is 0 Å². The van der Waals surface area contributed by atoms with Gasteiger partial charge in [-0.25, -0.2) is 0 Å². The number of benzene rings is 1. The molecule has 2 aliphatic rings. The Kier molecular flexibility index (Phi) is 4.63. The van der Waals surface area contributed by atoms with E-state index in [0.717, 1.165) is 5.92 Å². The maximum absolute atomic E-state index is 3.92. The fraction of sp³-hybridized carbons (Fsp3) is 0.667. The van der Waals surface area contributed by atoms with Gasteiger partial charge in [-0.15, -0.1) is 0 Å². The summed E-state index contributed by atoms with van der Waals surface area (Å²) in [6.07, 6.45) is 14.0. The number of hydrogen-bond acceptors (Lipinski definition) is 0. The molecule has 1 heteroatoms. The van der Waals surface area contributed by atoms with Crippen LogP contribution < -0.4 is 0 Å². The predicted molar refractivity (Wildman–Crippen MR) is 85.9 cm³/mol. The summed E-state index contributed by atoms with van der Waals surface area (Å²) in [5.41, 5.74) is 4.73. The van der Waals surface area contributed by atoms with Crippen LogP contribution in [-0.2, 0) is 12.8 Å². The smallest absolute Gasteiger partial charge is 0.0395 e. The second-order valence-electron chi connectivity index (χ2n) is 6.43. The molecule has 0 aromatic heterocycles. The van der Waals surface area contributed by atoms with Gasteiger partial charge in [0.1, 0.15) is 0 Å². The van der Waals surface area contributed by atoms with Crippen LogP contribution in [0.2, 0.25) is 0 Å². The summed E-state index contributed by atoms with van der Waals surface area (Å²) in [4.78, 5) is 0.570. The molecule has 1 aromatic carbocycles. The first-order valence-corrected chi connectivity index (χ1v) is 9.00. The fourth-order valence-corrected chi connectivity index (χ4v) is 4.35. The molecule has 3 rings (SSSR count). The number of hydrogen-bond donors (Lipinski definition) is 0. The van der Waals surface area contributed by atoms with Crippen LogP contribution >= 0.6 is 15.9 Å². The fourth-order valence-electron chi connectivity index (χ4n) is 3.80. The average Bonchev–Trinajstić information content (AvgIpc) is 2.97. The van der Waals surface area contributed by atoms with Crippen LogP contribution in [0.25, 0.3) is 0 Å². The van der Waals surface area contributed by atoms with Gasteiger partial charge in [-0.3, -0.25) is 0 Å². The van der Waals surface area contributed by atoms with Crippen molar-refractivity contribution >= 4 is 15.9 Å². The molecular weight excluding hydrogens is 296 g/mol. The van der Waals surface area contributed by atoms with Gasteiger partial charge in [0.2, 0.25) is 0 Å². The Labute approximate surface area is 126 Å². The lowest BCUT2D eigenvalue weighted by atomic mass is 9.89. The molecule has 0 aliphatic heterocycles. The van der Waals surface area contributed by atoms with Gasteiger partial charge < -0.3 is 0 Å². The maximum Gasteiger partial charge on any atom is 0.0395 e. The minimum Gasteiger partial charge on any atom is -0.0839 e. The standard InChI is InChI=1S/C18H25Br/c19-18(12-9-14-5-1-2-6-14)17-11-10-15-7-3-4-8-16(15)13-17/h10-11,13-14,18H,1-9,12H2. The molecule has 0 nitrogen and oxygen atoms in total. The van der Waals surface area contributed by atoms with Crippen LogP contribution in [0.1, 0.15) is 72.9 Å². The van der Waals surface area contributed by atoms with Crippen molar-refractivity contribution in [1.29, 1.82) is 0 Å². The highest BCUT2D eigenvalue weighted by molar-refractivity contribution is 9.09.